The van der Waals surface area contributed by atoms with Crippen molar-refractivity contribution in [1.82, 2.24) is 0 Å². The monoisotopic (exact) mass is 336 g/mol. The van der Waals surface area contributed by atoms with Crippen LogP contribution in [0, 0.1) is 29.6 Å². The van der Waals surface area contributed by atoms with Gasteiger partial charge in [-0.05, 0) is 42.6 Å². The Morgan fingerprint density at radius 3 is 2.29 bits per heavy atom. The van der Waals surface area contributed by atoms with Crippen LogP contribution >= 0.6 is 0 Å². The topological polar surface area (TPSA) is 69.7 Å². The van der Waals surface area contributed by atoms with Crippen LogP contribution in [-0.2, 0) is 23.9 Å². The molecule has 0 aromatic heterocycles. The van der Waals surface area contributed by atoms with Gasteiger partial charge >= 0.3 is 11.9 Å². The molecule has 6 atom stereocenters. The second-order valence-corrected chi connectivity index (χ2v) is 7.51. The third kappa shape index (κ3) is 3.55. The van der Waals surface area contributed by atoms with Crippen LogP contribution in [0.2, 0.25) is 0 Å². The van der Waals surface area contributed by atoms with Crippen molar-refractivity contribution in [3.05, 3.63) is 12.2 Å². The van der Waals surface area contributed by atoms with Gasteiger partial charge in [-0.15, -0.1) is 0 Å². The third-order valence-corrected chi connectivity index (χ3v) is 5.56. The summed E-state index contributed by atoms with van der Waals surface area (Å²) in [6, 6.07) is 0. The summed E-state index contributed by atoms with van der Waals surface area (Å²) in [6.07, 6.45) is 0.297. The molecule has 2 aliphatic carbocycles. The molecule has 0 amide bonds. The minimum Gasteiger partial charge on any atom is -0.462 e. The van der Waals surface area contributed by atoms with Crippen molar-refractivity contribution in [3.8, 4) is 0 Å². The Labute approximate surface area is 143 Å². The van der Waals surface area contributed by atoms with Gasteiger partial charge in [-0.3, -0.25) is 14.4 Å². The first kappa shape index (κ1) is 18.7. The molecule has 2 saturated carbocycles. The van der Waals surface area contributed by atoms with Gasteiger partial charge in [-0.25, -0.2) is 0 Å². The molecular weight excluding hydrogens is 308 g/mol. The third-order valence-electron chi connectivity index (χ3n) is 5.56. The molecule has 2 aliphatic rings. The van der Waals surface area contributed by atoms with Crippen molar-refractivity contribution < 1.29 is 23.9 Å². The van der Waals surface area contributed by atoms with Crippen LogP contribution in [0.5, 0.6) is 0 Å². The molecule has 0 unspecified atom stereocenters. The zero-order valence-electron chi connectivity index (χ0n) is 15.2. The Kier molecular flexibility index (Phi) is 5.51. The maximum atomic E-state index is 12.7. The number of carbonyl (C=O) groups is 3. The molecule has 134 valence electrons. The number of ether oxygens (including phenoxy) is 2. The molecule has 5 nitrogen and oxygen atoms in total. The van der Waals surface area contributed by atoms with Gasteiger partial charge in [0.05, 0.1) is 5.92 Å². The number of hydrogen-bond acceptors (Lipinski definition) is 5. The lowest BCUT2D eigenvalue weighted by atomic mass is 9.63. The summed E-state index contributed by atoms with van der Waals surface area (Å²) in [5.41, 5.74) is 0.831. The molecule has 0 aromatic rings. The molecule has 0 spiro atoms. The maximum absolute atomic E-state index is 12.7. The van der Waals surface area contributed by atoms with Gasteiger partial charge in [0.15, 0.2) is 0 Å². The molecule has 0 N–H and O–H groups in total. The van der Waals surface area contributed by atoms with Crippen LogP contribution in [0.3, 0.4) is 0 Å². The summed E-state index contributed by atoms with van der Waals surface area (Å²) >= 11 is 0. The minimum absolute atomic E-state index is 0.00833. The summed E-state index contributed by atoms with van der Waals surface area (Å²) in [5, 5.41) is 0. The van der Waals surface area contributed by atoms with Gasteiger partial charge in [0.25, 0.3) is 0 Å². The van der Waals surface area contributed by atoms with Gasteiger partial charge in [-0.2, -0.15) is 0 Å². The Morgan fingerprint density at radius 2 is 1.79 bits per heavy atom. The first-order valence-corrected chi connectivity index (χ1v) is 8.69. The molecule has 0 radical (unpaired) electrons. The van der Waals surface area contributed by atoms with Crippen molar-refractivity contribution in [2.75, 3.05) is 0 Å². The van der Waals surface area contributed by atoms with E-state index in [-0.39, 0.29) is 47.5 Å². The molecule has 0 saturated heterocycles. The lowest BCUT2D eigenvalue weighted by molar-refractivity contribution is -0.154. The smallest absolute Gasteiger partial charge is 0.303 e. The second-order valence-electron chi connectivity index (χ2n) is 7.51. The van der Waals surface area contributed by atoms with Crippen molar-refractivity contribution in [2.45, 2.75) is 59.7 Å². The first-order valence-electron chi connectivity index (χ1n) is 8.69. The number of fused-ring (bicyclic) bond motifs is 1. The fraction of sp³-hybridized carbons (Fsp3) is 0.737. The van der Waals surface area contributed by atoms with Crippen LogP contribution in [0.25, 0.3) is 0 Å². The lowest BCUT2D eigenvalue weighted by Crippen LogP contribution is -2.44. The molecular formula is C19H28O5. The zero-order valence-corrected chi connectivity index (χ0v) is 15.2. The molecule has 0 heterocycles. The quantitative estimate of drug-likeness (QED) is 0.583. The van der Waals surface area contributed by atoms with E-state index < -0.39 is 6.10 Å². The van der Waals surface area contributed by atoms with Gasteiger partial charge in [0.2, 0.25) is 0 Å². The van der Waals surface area contributed by atoms with E-state index in [9.17, 15) is 14.4 Å². The van der Waals surface area contributed by atoms with Crippen molar-refractivity contribution >= 4 is 17.7 Å². The number of esters is 2. The molecule has 0 aromatic carbocycles. The molecule has 2 fully saturated rings. The Bertz CT molecular complexity index is 550. The highest BCUT2D eigenvalue weighted by Crippen LogP contribution is 2.53. The van der Waals surface area contributed by atoms with E-state index in [1.165, 1.54) is 13.8 Å². The van der Waals surface area contributed by atoms with Crippen LogP contribution in [0.1, 0.15) is 47.5 Å². The van der Waals surface area contributed by atoms with Gasteiger partial charge in [0, 0.05) is 20.3 Å². The van der Waals surface area contributed by atoms with Gasteiger partial charge in [-0.1, -0.05) is 20.4 Å². The van der Waals surface area contributed by atoms with Gasteiger partial charge in [0.1, 0.15) is 18.0 Å². The van der Waals surface area contributed by atoms with E-state index in [1.807, 2.05) is 0 Å². The Balaban J connectivity index is 2.32. The van der Waals surface area contributed by atoms with Crippen LogP contribution in [0.4, 0.5) is 0 Å². The molecule has 24 heavy (non-hydrogen) atoms. The highest BCUT2D eigenvalue weighted by molar-refractivity contribution is 5.85. The van der Waals surface area contributed by atoms with Crippen molar-refractivity contribution in [3.63, 3.8) is 0 Å². The molecule has 2 rings (SSSR count). The van der Waals surface area contributed by atoms with Crippen molar-refractivity contribution in [1.29, 1.82) is 0 Å². The van der Waals surface area contributed by atoms with E-state index >= 15 is 0 Å². The highest BCUT2D eigenvalue weighted by Gasteiger charge is 2.54. The normalized spacial score (nSPS) is 34.0. The summed E-state index contributed by atoms with van der Waals surface area (Å²) in [5.74, 6) is -0.239. The first-order chi connectivity index (χ1) is 11.1. The van der Waals surface area contributed by atoms with Crippen molar-refractivity contribution in [2.24, 2.45) is 29.6 Å². The van der Waals surface area contributed by atoms with Crippen LogP contribution in [0.15, 0.2) is 12.2 Å². The molecule has 5 heteroatoms. The summed E-state index contributed by atoms with van der Waals surface area (Å²) in [7, 11) is 0. The fourth-order valence-corrected chi connectivity index (χ4v) is 4.64. The predicted octanol–water partition coefficient (Wildman–Crippen LogP) is 2.92. The molecule has 0 bridgehead atoms. The van der Waals surface area contributed by atoms with E-state index in [0.717, 1.165) is 5.57 Å². The number of rotatable bonds is 4. The average molecular weight is 336 g/mol. The maximum Gasteiger partial charge on any atom is 0.303 e. The highest BCUT2D eigenvalue weighted by atomic mass is 16.5. The standard InChI is InChI=1S/C19H28O5/c1-9(2)14-8-17(24-13(6)21)10(3)15-7-16(22)18(19(14)15)11(4)23-12(5)20/h9,11,14-15,17-19H,3,7-8H2,1-2,4-6H3/t11-,14-,15-,17-,18-,19-/m0/s1. The zero-order chi connectivity index (χ0) is 18.2. The van der Waals surface area contributed by atoms with E-state index in [1.54, 1.807) is 6.92 Å². The fourth-order valence-electron chi connectivity index (χ4n) is 4.64. The largest absolute Gasteiger partial charge is 0.462 e. The SMILES string of the molecule is C=C1[C@@H](OC(C)=O)C[C@@H](C(C)C)[C@@H]2[C@@H]([C@H](C)OC(C)=O)C(=O)C[C@@H]12. The molecule has 0 aliphatic heterocycles. The Morgan fingerprint density at radius 1 is 1.17 bits per heavy atom. The second kappa shape index (κ2) is 7.08. The van der Waals surface area contributed by atoms with Crippen LogP contribution < -0.4 is 0 Å². The predicted molar refractivity (Wildman–Crippen MR) is 89.0 cm³/mol. The number of carbonyl (C=O) groups excluding carboxylic acids is 3. The lowest BCUT2D eigenvalue weighted by Gasteiger charge is -2.44. The van der Waals surface area contributed by atoms with E-state index in [4.69, 9.17) is 9.47 Å². The number of Topliss-reactive ketones (excluding diaryl/α,β-unsaturated/α-hetero) is 1. The summed E-state index contributed by atoms with van der Waals surface area (Å²) in [4.78, 5) is 35.4. The van der Waals surface area contributed by atoms with Crippen LogP contribution in [-0.4, -0.2) is 29.9 Å². The Hall–Kier alpha value is -1.65. The summed E-state index contributed by atoms with van der Waals surface area (Å²) in [6.45, 7) is 12.9. The van der Waals surface area contributed by atoms with E-state index in [2.05, 4.69) is 20.4 Å². The van der Waals surface area contributed by atoms with Gasteiger partial charge < -0.3 is 9.47 Å². The number of hydrogen-bond donors (Lipinski definition) is 0. The minimum atomic E-state index is -0.440. The van der Waals surface area contributed by atoms with E-state index in [0.29, 0.717) is 18.8 Å². The number of ketones is 1. The average Bonchev–Trinajstić information content (AvgIpc) is 2.78. The summed E-state index contributed by atoms with van der Waals surface area (Å²) < 4.78 is 10.8.